The van der Waals surface area contributed by atoms with E-state index in [-0.39, 0.29) is 53.9 Å². The molecule has 1 aromatic rings. The minimum atomic E-state index is -0.689. The standard InChI is InChI=1S/C7H5FO4S.Sr.2H/c8-12-7(13)3-1-4(9)6(11)5(10)2-3;;;/h1-2,9-11H;;;/q;+2;2*-1. The Morgan fingerprint density at radius 3 is 2.07 bits per heavy atom. The molecule has 74 valence electrons. The van der Waals surface area contributed by atoms with Gasteiger partial charge in [0.05, 0.1) is 0 Å². The third kappa shape index (κ3) is 2.96. The van der Waals surface area contributed by atoms with Gasteiger partial charge in [0, 0.05) is 10.1 Å². The second-order valence-electron chi connectivity index (χ2n) is 2.23. The van der Waals surface area contributed by atoms with E-state index in [1.165, 1.54) is 0 Å². The Morgan fingerprint density at radius 1 is 1.29 bits per heavy atom. The first-order valence-electron chi connectivity index (χ1n) is 3.14. The second-order valence-corrected chi connectivity index (χ2v) is 2.60. The zero-order chi connectivity index (χ0) is 10.0. The van der Waals surface area contributed by atoms with Gasteiger partial charge in [0.1, 0.15) is 0 Å². The molecule has 0 atom stereocenters. The zero-order valence-electron chi connectivity index (χ0n) is 8.90. The third-order valence-electron chi connectivity index (χ3n) is 1.38. The van der Waals surface area contributed by atoms with E-state index in [1.54, 1.807) is 0 Å². The molecule has 7 heteroatoms. The molecular weight excluding hydrogens is 287 g/mol. The fourth-order valence-electron chi connectivity index (χ4n) is 0.767. The summed E-state index contributed by atoms with van der Waals surface area (Å²) in [6, 6.07) is 1.94. The van der Waals surface area contributed by atoms with E-state index in [2.05, 4.69) is 17.2 Å². The number of halogens is 1. The van der Waals surface area contributed by atoms with Crippen molar-refractivity contribution >= 4 is 62.8 Å². The molecule has 14 heavy (non-hydrogen) atoms. The molecule has 0 fully saturated rings. The Kier molecular flexibility index (Phi) is 5.68. The molecule has 0 amide bonds. The van der Waals surface area contributed by atoms with Gasteiger partial charge in [-0.15, -0.1) is 0 Å². The van der Waals surface area contributed by atoms with Crippen LogP contribution in [0.1, 0.15) is 8.42 Å². The van der Waals surface area contributed by atoms with Crippen LogP contribution < -0.4 is 0 Å². The Balaban J connectivity index is -0.000000563. The van der Waals surface area contributed by atoms with E-state index in [0.29, 0.717) is 0 Å². The Bertz CT molecular complexity index is 343. The maximum absolute atomic E-state index is 11.6. The summed E-state index contributed by atoms with van der Waals surface area (Å²) in [5.74, 6) is -1.89. The van der Waals surface area contributed by atoms with Gasteiger partial charge in [-0.2, -0.15) is 0 Å². The van der Waals surface area contributed by atoms with Crippen LogP contribution in [0.25, 0.3) is 0 Å². The van der Waals surface area contributed by atoms with Gasteiger partial charge >= 0.3 is 45.5 Å². The van der Waals surface area contributed by atoms with Gasteiger partial charge in [-0.1, -0.05) is 0 Å². The molecular formula is C7H7FO4SSr. The van der Waals surface area contributed by atoms with Gasteiger partial charge in [0.15, 0.2) is 17.2 Å². The van der Waals surface area contributed by atoms with Crippen LogP contribution in [0.3, 0.4) is 0 Å². The number of rotatable bonds is 1. The van der Waals surface area contributed by atoms with Crippen molar-refractivity contribution in [2.24, 2.45) is 0 Å². The quantitative estimate of drug-likeness (QED) is 0.413. The van der Waals surface area contributed by atoms with Crippen molar-refractivity contribution in [3.63, 3.8) is 0 Å². The molecule has 0 bridgehead atoms. The third-order valence-corrected chi connectivity index (χ3v) is 1.67. The van der Waals surface area contributed by atoms with E-state index in [1.807, 2.05) is 0 Å². The summed E-state index contributed by atoms with van der Waals surface area (Å²) in [5.41, 5.74) is -0.0368. The average molecular weight is 294 g/mol. The first kappa shape index (κ1) is 13.9. The molecule has 0 radical (unpaired) electrons. The molecule has 1 rings (SSSR count). The van der Waals surface area contributed by atoms with Gasteiger partial charge in [-0.3, -0.25) is 4.94 Å². The summed E-state index contributed by atoms with van der Waals surface area (Å²) >= 11 is 4.38. The van der Waals surface area contributed by atoms with Crippen molar-refractivity contribution in [3.05, 3.63) is 17.7 Å². The molecule has 4 nitrogen and oxygen atoms in total. The molecule has 0 aromatic heterocycles. The van der Waals surface area contributed by atoms with Gasteiger partial charge < -0.3 is 18.2 Å². The number of hydrogen-bond acceptors (Lipinski definition) is 5. The second kappa shape index (κ2) is 5.72. The van der Waals surface area contributed by atoms with E-state index < -0.39 is 22.3 Å². The van der Waals surface area contributed by atoms with Crippen LogP contribution in [0.4, 0.5) is 4.53 Å². The summed E-state index contributed by atoms with van der Waals surface area (Å²) in [4.78, 5) is 3.21. The van der Waals surface area contributed by atoms with Crippen LogP contribution in [-0.4, -0.2) is 65.9 Å². The van der Waals surface area contributed by atoms with E-state index in [4.69, 9.17) is 15.3 Å². The predicted octanol–water partition coefficient (Wildman–Crippen LogP) is 1.22. The predicted molar refractivity (Wildman–Crippen MR) is 53.3 cm³/mol. The number of thiocarbonyl (C=S) groups is 1. The number of benzene rings is 1. The van der Waals surface area contributed by atoms with Gasteiger partial charge in [-0.05, 0) is 24.4 Å². The van der Waals surface area contributed by atoms with E-state index >= 15 is 0 Å². The van der Waals surface area contributed by atoms with Crippen molar-refractivity contribution in [2.75, 3.05) is 0 Å². The first-order valence-corrected chi connectivity index (χ1v) is 3.55. The molecule has 0 heterocycles. The summed E-state index contributed by atoms with van der Waals surface area (Å²) in [6.07, 6.45) is 0. The summed E-state index contributed by atoms with van der Waals surface area (Å²) in [6.45, 7) is 0. The molecule has 0 aliphatic carbocycles. The first-order chi connectivity index (χ1) is 6.06. The number of aromatic hydroxyl groups is 3. The number of phenolic OH excluding ortho intramolecular Hbond substituents is 3. The maximum Gasteiger partial charge on any atom is 2.00 e. The molecule has 0 spiro atoms. The van der Waals surface area contributed by atoms with Crippen molar-refractivity contribution in [1.29, 1.82) is 0 Å². The van der Waals surface area contributed by atoms with Crippen LogP contribution in [0.15, 0.2) is 12.1 Å². The number of phenols is 3. The Labute approximate surface area is 124 Å². The van der Waals surface area contributed by atoms with Crippen LogP contribution in [0.2, 0.25) is 0 Å². The van der Waals surface area contributed by atoms with Crippen LogP contribution in [0, 0.1) is 0 Å². The van der Waals surface area contributed by atoms with Gasteiger partial charge in [0.25, 0.3) is 0 Å². The fraction of sp³-hybridized carbons (Fsp3) is 0. The monoisotopic (exact) mass is 294 g/mol. The largest absolute Gasteiger partial charge is 2.00 e. The van der Waals surface area contributed by atoms with Crippen molar-refractivity contribution in [3.8, 4) is 17.2 Å². The average Bonchev–Trinajstić information content (AvgIpc) is 2.12. The minimum absolute atomic E-state index is 0. The van der Waals surface area contributed by atoms with Crippen molar-refractivity contribution in [1.82, 2.24) is 0 Å². The van der Waals surface area contributed by atoms with Crippen molar-refractivity contribution < 1.29 is 27.6 Å². The molecule has 0 saturated carbocycles. The summed E-state index contributed by atoms with van der Waals surface area (Å²) in [5, 5.41) is 26.3. The molecule has 1 aromatic carbocycles. The summed E-state index contributed by atoms with van der Waals surface area (Å²) < 4.78 is 11.6. The topological polar surface area (TPSA) is 69.9 Å². The molecule has 0 aliphatic heterocycles. The Morgan fingerprint density at radius 2 is 1.71 bits per heavy atom. The zero-order valence-corrected chi connectivity index (χ0v) is 11.2. The van der Waals surface area contributed by atoms with Gasteiger partial charge in [0.2, 0.25) is 5.05 Å². The molecule has 0 aliphatic rings. The normalized spacial score (nSPS) is 8.93. The van der Waals surface area contributed by atoms with Crippen LogP contribution in [-0.2, 0) is 4.94 Å². The van der Waals surface area contributed by atoms with Crippen LogP contribution >= 0.6 is 12.2 Å². The minimum Gasteiger partial charge on any atom is -1.00 e. The van der Waals surface area contributed by atoms with Crippen LogP contribution in [0.5, 0.6) is 17.2 Å². The molecule has 3 N–H and O–H groups in total. The van der Waals surface area contributed by atoms with Crippen molar-refractivity contribution in [2.45, 2.75) is 0 Å². The fourth-order valence-corrected chi connectivity index (χ4v) is 0.884. The smallest absolute Gasteiger partial charge is 1.00 e. The molecule has 0 unspecified atom stereocenters. The SMILES string of the molecule is Oc1cc(C(=S)OF)cc(O)c1O.[H-].[H-].[Sr+2]. The van der Waals surface area contributed by atoms with E-state index in [0.717, 1.165) is 12.1 Å². The van der Waals surface area contributed by atoms with Gasteiger partial charge in [-0.25, -0.2) is 0 Å². The number of hydrogen-bond donors (Lipinski definition) is 3. The van der Waals surface area contributed by atoms with E-state index in [9.17, 15) is 4.53 Å². The Hall–Kier alpha value is -0.0795. The maximum atomic E-state index is 11.6. The molecule has 0 saturated heterocycles. The summed E-state index contributed by atoms with van der Waals surface area (Å²) in [7, 11) is 0.